The van der Waals surface area contributed by atoms with Crippen LogP contribution in [0.15, 0.2) is 30.6 Å². The highest BCUT2D eigenvalue weighted by molar-refractivity contribution is 7.89. The molecule has 0 atom stereocenters. The Morgan fingerprint density at radius 1 is 1.27 bits per heavy atom. The number of nitrogens with zero attached hydrogens (tertiary/aromatic N) is 3. The number of nitrogens with one attached hydrogen (secondary N) is 1. The maximum atomic E-state index is 12.0. The SMILES string of the molecule is O=C(NCCS(=O)(=O)N1CCCC1)c1cn2ccccc2n1. The van der Waals surface area contributed by atoms with Crippen LogP contribution in [0.1, 0.15) is 23.3 Å². The van der Waals surface area contributed by atoms with Crippen molar-refractivity contribution in [2.24, 2.45) is 0 Å². The van der Waals surface area contributed by atoms with E-state index in [4.69, 9.17) is 0 Å². The average molecular weight is 322 g/mol. The first-order valence-electron chi connectivity index (χ1n) is 7.26. The summed E-state index contributed by atoms with van der Waals surface area (Å²) in [4.78, 5) is 16.2. The predicted octanol–water partition coefficient (Wildman–Crippen LogP) is 0.490. The van der Waals surface area contributed by atoms with Crippen molar-refractivity contribution >= 4 is 21.6 Å². The molecule has 0 aromatic carbocycles. The highest BCUT2D eigenvalue weighted by Crippen LogP contribution is 2.12. The number of rotatable bonds is 5. The van der Waals surface area contributed by atoms with Gasteiger partial charge in [0.05, 0.1) is 5.75 Å². The van der Waals surface area contributed by atoms with Crippen molar-refractivity contribution in [1.82, 2.24) is 19.0 Å². The van der Waals surface area contributed by atoms with Crippen LogP contribution >= 0.6 is 0 Å². The number of hydrogen-bond donors (Lipinski definition) is 1. The Hall–Kier alpha value is -1.93. The van der Waals surface area contributed by atoms with Crippen LogP contribution in [0.25, 0.3) is 5.65 Å². The lowest BCUT2D eigenvalue weighted by Gasteiger charge is -2.15. The summed E-state index contributed by atoms with van der Waals surface area (Å²) < 4.78 is 27.3. The molecule has 118 valence electrons. The molecule has 7 nitrogen and oxygen atoms in total. The predicted molar refractivity (Wildman–Crippen MR) is 82.1 cm³/mol. The van der Waals surface area contributed by atoms with Crippen molar-refractivity contribution in [2.45, 2.75) is 12.8 Å². The van der Waals surface area contributed by atoms with Crippen LogP contribution in [-0.2, 0) is 10.0 Å². The van der Waals surface area contributed by atoms with Gasteiger partial charge in [-0.1, -0.05) is 6.07 Å². The van der Waals surface area contributed by atoms with Crippen molar-refractivity contribution in [2.75, 3.05) is 25.4 Å². The van der Waals surface area contributed by atoms with Crippen LogP contribution < -0.4 is 5.32 Å². The molecule has 0 saturated carbocycles. The number of amides is 1. The quantitative estimate of drug-likeness (QED) is 0.868. The molecule has 2 aromatic heterocycles. The molecule has 0 spiro atoms. The number of pyridine rings is 1. The standard InChI is InChI=1S/C14H18N4O3S/c19-14(12-11-17-7-2-1-5-13(17)16-12)15-6-10-22(20,21)18-8-3-4-9-18/h1-2,5,7,11H,3-4,6,8-10H2,(H,15,19). The number of imidazole rings is 1. The van der Waals surface area contributed by atoms with Crippen molar-refractivity contribution in [3.63, 3.8) is 0 Å². The minimum atomic E-state index is -3.27. The average Bonchev–Trinajstić information content (AvgIpc) is 3.16. The maximum absolute atomic E-state index is 12.0. The molecular formula is C14H18N4O3S. The molecule has 1 N–H and O–H groups in total. The molecule has 3 rings (SSSR count). The first-order valence-corrected chi connectivity index (χ1v) is 8.87. The fraction of sp³-hybridized carbons (Fsp3) is 0.429. The van der Waals surface area contributed by atoms with Gasteiger partial charge in [0.1, 0.15) is 11.3 Å². The van der Waals surface area contributed by atoms with Crippen LogP contribution in [0.3, 0.4) is 0 Å². The van der Waals surface area contributed by atoms with E-state index in [9.17, 15) is 13.2 Å². The van der Waals surface area contributed by atoms with Crippen LogP contribution in [0.4, 0.5) is 0 Å². The van der Waals surface area contributed by atoms with Crippen molar-refractivity contribution in [1.29, 1.82) is 0 Å². The van der Waals surface area contributed by atoms with E-state index < -0.39 is 10.0 Å². The van der Waals surface area contributed by atoms with Crippen molar-refractivity contribution < 1.29 is 13.2 Å². The summed E-state index contributed by atoms with van der Waals surface area (Å²) in [5.74, 6) is -0.438. The van der Waals surface area contributed by atoms with E-state index in [2.05, 4.69) is 10.3 Å². The Balaban J connectivity index is 1.58. The van der Waals surface area contributed by atoms with E-state index in [-0.39, 0.29) is 23.9 Å². The largest absolute Gasteiger partial charge is 0.350 e. The second-order valence-corrected chi connectivity index (χ2v) is 7.36. The first-order chi connectivity index (χ1) is 10.6. The van der Waals surface area contributed by atoms with Gasteiger partial charge in [-0.15, -0.1) is 0 Å². The molecule has 8 heteroatoms. The number of carbonyl (C=O) groups excluding carboxylic acids is 1. The monoisotopic (exact) mass is 322 g/mol. The lowest BCUT2D eigenvalue weighted by molar-refractivity contribution is 0.0951. The molecule has 1 saturated heterocycles. The summed E-state index contributed by atoms with van der Waals surface area (Å²) in [7, 11) is -3.27. The smallest absolute Gasteiger partial charge is 0.271 e. The highest BCUT2D eigenvalue weighted by atomic mass is 32.2. The molecule has 1 amide bonds. The van der Waals surface area contributed by atoms with Crippen LogP contribution in [0.5, 0.6) is 0 Å². The van der Waals surface area contributed by atoms with Crippen LogP contribution in [0, 0.1) is 0 Å². The molecule has 2 aromatic rings. The second kappa shape index (κ2) is 6.05. The Kier molecular flexibility index (Phi) is 4.12. The zero-order valence-corrected chi connectivity index (χ0v) is 12.9. The summed E-state index contributed by atoms with van der Waals surface area (Å²) in [6.07, 6.45) is 5.25. The van der Waals surface area contributed by atoms with Crippen LogP contribution in [-0.4, -0.2) is 53.4 Å². The molecular weight excluding hydrogens is 304 g/mol. The van der Waals surface area contributed by atoms with Gasteiger partial charge >= 0.3 is 0 Å². The Bertz CT molecular complexity index is 745. The molecule has 1 fully saturated rings. The number of aromatic nitrogens is 2. The van der Waals surface area contributed by atoms with Gasteiger partial charge in [0.15, 0.2) is 0 Å². The Morgan fingerprint density at radius 3 is 2.77 bits per heavy atom. The molecule has 1 aliphatic rings. The summed E-state index contributed by atoms with van der Waals surface area (Å²) in [6.45, 7) is 1.26. The van der Waals surface area contributed by atoms with Gasteiger partial charge in [-0.25, -0.2) is 17.7 Å². The Morgan fingerprint density at radius 2 is 2.05 bits per heavy atom. The van der Waals surface area contributed by atoms with Gasteiger partial charge in [-0.3, -0.25) is 4.79 Å². The third-order valence-corrected chi connectivity index (χ3v) is 5.57. The molecule has 3 heterocycles. The number of sulfonamides is 1. The lowest BCUT2D eigenvalue weighted by atomic mass is 10.4. The lowest BCUT2D eigenvalue weighted by Crippen LogP contribution is -2.36. The summed E-state index contributed by atoms with van der Waals surface area (Å²) in [5.41, 5.74) is 0.960. The minimum absolute atomic E-state index is 0.0773. The molecule has 0 bridgehead atoms. The van der Waals surface area contributed by atoms with Crippen molar-refractivity contribution in [3.8, 4) is 0 Å². The Labute approximate surface area is 129 Å². The van der Waals surface area contributed by atoms with Gasteiger partial charge < -0.3 is 9.72 Å². The second-order valence-electron chi connectivity index (χ2n) is 5.27. The van der Waals surface area contributed by atoms with E-state index in [1.54, 1.807) is 22.9 Å². The number of hydrogen-bond acceptors (Lipinski definition) is 4. The van der Waals surface area contributed by atoms with Gasteiger partial charge in [0.25, 0.3) is 5.91 Å². The topological polar surface area (TPSA) is 83.8 Å². The summed E-state index contributed by atoms with van der Waals surface area (Å²) >= 11 is 0. The third kappa shape index (κ3) is 3.12. The van der Waals surface area contributed by atoms with Gasteiger partial charge in [0.2, 0.25) is 10.0 Å². The van der Waals surface area contributed by atoms with Gasteiger partial charge in [-0.2, -0.15) is 0 Å². The molecule has 22 heavy (non-hydrogen) atoms. The number of carbonyl (C=O) groups is 1. The fourth-order valence-corrected chi connectivity index (χ4v) is 3.96. The molecule has 0 aliphatic carbocycles. The first kappa shape index (κ1) is 15.0. The minimum Gasteiger partial charge on any atom is -0.350 e. The number of fused-ring (bicyclic) bond motifs is 1. The van der Waals surface area contributed by atoms with Crippen molar-refractivity contribution in [3.05, 3.63) is 36.3 Å². The zero-order chi connectivity index (χ0) is 15.6. The molecule has 0 unspecified atom stereocenters. The van der Waals surface area contributed by atoms with E-state index in [1.807, 2.05) is 12.1 Å². The van der Waals surface area contributed by atoms with Gasteiger partial charge in [-0.05, 0) is 25.0 Å². The van der Waals surface area contributed by atoms with E-state index in [1.165, 1.54) is 4.31 Å². The van der Waals surface area contributed by atoms with Crippen LogP contribution in [0.2, 0.25) is 0 Å². The van der Waals surface area contributed by atoms with Gasteiger partial charge in [0, 0.05) is 32.0 Å². The fourth-order valence-electron chi connectivity index (χ4n) is 2.52. The highest BCUT2D eigenvalue weighted by Gasteiger charge is 2.25. The zero-order valence-electron chi connectivity index (χ0n) is 12.1. The normalized spacial score (nSPS) is 16.2. The summed E-state index contributed by atoms with van der Waals surface area (Å²) in [5, 5.41) is 2.62. The van der Waals surface area contributed by atoms with E-state index >= 15 is 0 Å². The summed E-state index contributed by atoms with van der Waals surface area (Å²) in [6, 6.07) is 5.49. The maximum Gasteiger partial charge on any atom is 0.271 e. The molecule has 1 aliphatic heterocycles. The molecule has 0 radical (unpaired) electrons. The third-order valence-electron chi connectivity index (χ3n) is 3.70. The van der Waals surface area contributed by atoms with E-state index in [0.29, 0.717) is 18.7 Å². The van der Waals surface area contributed by atoms with E-state index in [0.717, 1.165) is 12.8 Å².